The van der Waals surface area contributed by atoms with E-state index in [1.54, 1.807) is 17.4 Å². The first-order valence-electron chi connectivity index (χ1n) is 9.19. The smallest absolute Gasteiger partial charge is 0.213 e. The number of carbonyl (C=O) groups is 1. The lowest BCUT2D eigenvalue weighted by atomic mass is 10.0. The fraction of sp³-hybridized carbons (Fsp3) is 0.286. The van der Waals surface area contributed by atoms with Crippen molar-refractivity contribution >= 4 is 22.9 Å². The maximum Gasteiger partial charge on any atom is 0.213 e. The van der Waals surface area contributed by atoms with E-state index in [-0.39, 0.29) is 8.64 Å². The number of nitrogens with one attached hydrogen (secondary N) is 1. The molecule has 0 aliphatic carbocycles. The fourth-order valence-electron chi connectivity index (χ4n) is 3.29. The van der Waals surface area contributed by atoms with Crippen LogP contribution in [-0.4, -0.2) is 41.9 Å². The Bertz CT molecular complexity index is 942. The van der Waals surface area contributed by atoms with Crippen LogP contribution in [0.4, 0.5) is 5.82 Å². The topological polar surface area (TPSA) is 58.1 Å². The molecular weight excluding hydrogens is 356 g/mol. The van der Waals surface area contributed by atoms with Gasteiger partial charge in [-0.05, 0) is 60.5 Å². The summed E-state index contributed by atoms with van der Waals surface area (Å²) in [6.07, 6.45) is 2.90. The third-order valence-corrected chi connectivity index (χ3v) is 5.50. The fourth-order valence-corrected chi connectivity index (χ4v) is 3.95. The van der Waals surface area contributed by atoms with Crippen LogP contribution in [0.5, 0.6) is 0 Å². The number of aryl methyl sites for hydroxylation is 1. The Morgan fingerprint density at radius 2 is 2.15 bits per heavy atom. The number of ketones is 1. The standard InChI is InChI=1S/C21H22N4OS.2H2/c1-15-18(12-17(13-23-15)16-6-11-27-14-16)21(26)19-4-2-5-20(24-19)25-9-3-7-22-8-10-25;;/h2,4-6,11-14,22H,3,7-10H2,1H3;2*1H. The molecule has 4 rings (SSSR count). The number of carbonyl (C=O) groups excluding carboxylic acids is 1. The predicted octanol–water partition coefficient (Wildman–Crippen LogP) is 4.04. The third kappa shape index (κ3) is 3.91. The maximum atomic E-state index is 13.2. The summed E-state index contributed by atoms with van der Waals surface area (Å²) in [7, 11) is 0. The minimum Gasteiger partial charge on any atom is -0.355 e. The van der Waals surface area contributed by atoms with Crippen LogP contribution in [0.25, 0.3) is 11.1 Å². The van der Waals surface area contributed by atoms with Gasteiger partial charge in [0.15, 0.2) is 0 Å². The molecule has 1 aliphatic rings. The number of rotatable bonds is 4. The van der Waals surface area contributed by atoms with Gasteiger partial charge < -0.3 is 10.2 Å². The van der Waals surface area contributed by atoms with Crippen molar-refractivity contribution in [3.63, 3.8) is 0 Å². The second-order valence-corrected chi connectivity index (χ2v) is 7.45. The molecule has 0 bridgehead atoms. The highest BCUT2D eigenvalue weighted by Crippen LogP contribution is 2.24. The predicted molar refractivity (Wildman–Crippen MR) is 114 cm³/mol. The van der Waals surface area contributed by atoms with E-state index in [9.17, 15) is 4.79 Å². The lowest BCUT2D eigenvalue weighted by Gasteiger charge is -2.21. The van der Waals surface area contributed by atoms with E-state index in [1.165, 1.54) is 0 Å². The van der Waals surface area contributed by atoms with Gasteiger partial charge in [0.05, 0.1) is 0 Å². The Balaban J connectivity index is 0.00000150. The van der Waals surface area contributed by atoms with Gasteiger partial charge in [-0.15, -0.1) is 0 Å². The van der Waals surface area contributed by atoms with Gasteiger partial charge in [0.25, 0.3) is 0 Å². The molecule has 27 heavy (non-hydrogen) atoms. The first-order valence-corrected chi connectivity index (χ1v) is 10.1. The minimum atomic E-state index is -0.0770. The largest absolute Gasteiger partial charge is 0.355 e. The first kappa shape index (κ1) is 17.8. The number of anilines is 1. The van der Waals surface area contributed by atoms with Gasteiger partial charge in [0, 0.05) is 45.5 Å². The Morgan fingerprint density at radius 1 is 1.22 bits per heavy atom. The molecule has 0 atom stereocenters. The van der Waals surface area contributed by atoms with E-state index in [4.69, 9.17) is 0 Å². The zero-order valence-corrected chi connectivity index (χ0v) is 16.1. The normalized spacial score (nSPS) is 14.8. The monoisotopic (exact) mass is 382 g/mol. The van der Waals surface area contributed by atoms with Crippen molar-refractivity contribution in [2.75, 3.05) is 31.1 Å². The highest BCUT2D eigenvalue weighted by atomic mass is 32.1. The number of hydrogen-bond acceptors (Lipinski definition) is 6. The highest BCUT2D eigenvalue weighted by molar-refractivity contribution is 7.08. The second kappa shape index (κ2) is 7.98. The van der Waals surface area contributed by atoms with Crippen LogP contribution in [0, 0.1) is 6.92 Å². The molecule has 3 aromatic rings. The Kier molecular flexibility index (Phi) is 5.27. The number of nitrogens with zero attached hydrogens (tertiary/aromatic N) is 3. The second-order valence-electron chi connectivity index (χ2n) is 6.67. The summed E-state index contributed by atoms with van der Waals surface area (Å²) in [5.74, 6) is 0.788. The first-order chi connectivity index (χ1) is 13.2. The van der Waals surface area contributed by atoms with Crippen molar-refractivity contribution in [1.82, 2.24) is 15.3 Å². The molecule has 0 unspecified atom stereocenters. The molecule has 0 radical (unpaired) electrons. The van der Waals surface area contributed by atoms with Crippen LogP contribution in [0.3, 0.4) is 0 Å². The molecule has 6 heteroatoms. The lowest BCUT2D eigenvalue weighted by molar-refractivity contribution is 0.103. The van der Waals surface area contributed by atoms with E-state index in [1.807, 2.05) is 42.8 Å². The van der Waals surface area contributed by atoms with E-state index in [0.29, 0.717) is 11.3 Å². The molecule has 1 N–H and O–H groups in total. The van der Waals surface area contributed by atoms with Crippen molar-refractivity contribution in [1.29, 1.82) is 0 Å². The molecule has 1 saturated heterocycles. The summed E-state index contributed by atoms with van der Waals surface area (Å²) >= 11 is 1.63. The number of thiophene rings is 1. The van der Waals surface area contributed by atoms with Crippen molar-refractivity contribution in [2.24, 2.45) is 0 Å². The Morgan fingerprint density at radius 3 is 3.00 bits per heavy atom. The molecule has 1 aliphatic heterocycles. The summed E-state index contributed by atoms with van der Waals surface area (Å²) in [6.45, 7) is 5.68. The van der Waals surface area contributed by atoms with E-state index in [2.05, 4.69) is 25.6 Å². The third-order valence-electron chi connectivity index (χ3n) is 4.82. The molecule has 0 spiro atoms. The molecule has 5 nitrogen and oxygen atoms in total. The Labute approximate surface area is 166 Å². The van der Waals surface area contributed by atoms with Crippen molar-refractivity contribution in [2.45, 2.75) is 13.3 Å². The van der Waals surface area contributed by atoms with Crippen LogP contribution in [0.2, 0.25) is 0 Å². The van der Waals surface area contributed by atoms with Gasteiger partial charge in [0.2, 0.25) is 5.78 Å². The van der Waals surface area contributed by atoms with Gasteiger partial charge in [-0.1, -0.05) is 6.07 Å². The van der Waals surface area contributed by atoms with Crippen LogP contribution >= 0.6 is 11.3 Å². The van der Waals surface area contributed by atoms with Crippen LogP contribution in [-0.2, 0) is 0 Å². The Hall–Kier alpha value is -2.57. The molecule has 3 aromatic heterocycles. The zero-order valence-electron chi connectivity index (χ0n) is 15.3. The summed E-state index contributed by atoms with van der Waals surface area (Å²) in [6, 6.07) is 9.65. The summed E-state index contributed by atoms with van der Waals surface area (Å²) in [5.41, 5.74) is 3.85. The van der Waals surface area contributed by atoms with Crippen molar-refractivity contribution < 1.29 is 7.65 Å². The summed E-state index contributed by atoms with van der Waals surface area (Å²) in [4.78, 5) is 24.5. The molecular formula is C21H26N4OS. The summed E-state index contributed by atoms with van der Waals surface area (Å²) in [5, 5.41) is 7.48. The van der Waals surface area contributed by atoms with Crippen molar-refractivity contribution in [3.05, 3.63) is 64.2 Å². The van der Waals surface area contributed by atoms with Gasteiger partial charge in [-0.3, -0.25) is 9.78 Å². The van der Waals surface area contributed by atoms with Crippen molar-refractivity contribution in [3.8, 4) is 11.1 Å². The average molecular weight is 383 g/mol. The number of aromatic nitrogens is 2. The quantitative estimate of drug-likeness (QED) is 0.690. The molecule has 4 heterocycles. The van der Waals surface area contributed by atoms with Gasteiger partial charge in [-0.25, -0.2) is 4.98 Å². The van der Waals surface area contributed by atoms with Crippen LogP contribution in [0.1, 0.15) is 31.0 Å². The molecule has 0 aromatic carbocycles. The SMILES string of the molecule is Cc1ncc(-c2ccsc2)cc1C(=O)c1cccc(N2CCCNCC2)n1.[HH].[HH]. The lowest BCUT2D eigenvalue weighted by Crippen LogP contribution is -2.29. The van der Waals surface area contributed by atoms with Gasteiger partial charge in [-0.2, -0.15) is 11.3 Å². The van der Waals surface area contributed by atoms with Crippen LogP contribution in [0.15, 0.2) is 47.3 Å². The molecule has 1 fully saturated rings. The van der Waals surface area contributed by atoms with Crippen LogP contribution < -0.4 is 10.2 Å². The summed E-state index contributed by atoms with van der Waals surface area (Å²) < 4.78 is 0. The molecule has 0 amide bonds. The molecule has 0 saturated carbocycles. The van der Waals surface area contributed by atoms with E-state index in [0.717, 1.165) is 55.2 Å². The maximum absolute atomic E-state index is 13.2. The highest BCUT2D eigenvalue weighted by Gasteiger charge is 2.18. The molecule has 142 valence electrons. The van der Waals surface area contributed by atoms with E-state index >= 15 is 0 Å². The number of pyridine rings is 2. The van der Waals surface area contributed by atoms with E-state index < -0.39 is 0 Å². The van der Waals surface area contributed by atoms with Gasteiger partial charge in [0.1, 0.15) is 11.5 Å². The minimum absolute atomic E-state index is 0. The van der Waals surface area contributed by atoms with Gasteiger partial charge >= 0.3 is 0 Å². The zero-order chi connectivity index (χ0) is 18.6. The number of hydrogen-bond donors (Lipinski definition) is 1. The average Bonchev–Trinajstić information content (AvgIpc) is 3.10.